The minimum atomic E-state index is -4.33. The molecule has 1 atom stereocenters. The lowest BCUT2D eigenvalue weighted by atomic mass is 10.1. The van der Waals surface area contributed by atoms with Crippen LogP contribution in [0.2, 0.25) is 0 Å². The highest BCUT2D eigenvalue weighted by Gasteiger charge is 2.31. The minimum absolute atomic E-state index is 0.0510. The van der Waals surface area contributed by atoms with Crippen LogP contribution in [0, 0.1) is 0 Å². The molecule has 0 saturated carbocycles. The summed E-state index contributed by atoms with van der Waals surface area (Å²) >= 11 is 1.54. The van der Waals surface area contributed by atoms with Crippen LogP contribution < -0.4 is 4.90 Å². The van der Waals surface area contributed by atoms with Crippen molar-refractivity contribution in [1.29, 1.82) is 0 Å². The topological polar surface area (TPSA) is 45.4 Å². The Morgan fingerprint density at radius 1 is 1.07 bits per heavy atom. The molecule has 0 unspecified atom stereocenters. The number of benzene rings is 1. The first-order chi connectivity index (χ1) is 13.4. The Morgan fingerprint density at radius 3 is 2.54 bits per heavy atom. The Balaban J connectivity index is 1.40. The largest absolute Gasteiger partial charge is 0.418 e. The van der Waals surface area contributed by atoms with Gasteiger partial charge < -0.3 is 9.32 Å². The third-order valence-electron chi connectivity index (χ3n) is 4.93. The molecule has 2 aromatic heterocycles. The third-order valence-corrected chi connectivity index (χ3v) is 5.79. The van der Waals surface area contributed by atoms with Crippen molar-refractivity contribution in [3.05, 3.63) is 53.2 Å². The summed E-state index contributed by atoms with van der Waals surface area (Å²) in [4.78, 5) is 5.11. The zero-order valence-corrected chi connectivity index (χ0v) is 16.0. The summed E-state index contributed by atoms with van der Waals surface area (Å²) in [6, 6.07) is 9.30. The van der Waals surface area contributed by atoms with Crippen LogP contribution in [0.1, 0.15) is 24.4 Å². The van der Waals surface area contributed by atoms with E-state index in [9.17, 15) is 13.2 Å². The van der Waals surface area contributed by atoms with Crippen molar-refractivity contribution in [2.24, 2.45) is 0 Å². The highest BCUT2D eigenvalue weighted by molar-refractivity contribution is 7.13. The molecule has 148 valence electrons. The SMILES string of the molecule is C[C@H](c1nnc(-c2cccs2)o1)N1CCN(c2cccc(C(F)(F)F)c2)CC1. The molecule has 0 bridgehead atoms. The van der Waals surface area contributed by atoms with E-state index >= 15 is 0 Å². The Bertz CT molecular complexity index is 917. The van der Waals surface area contributed by atoms with Crippen LogP contribution in [0.25, 0.3) is 10.8 Å². The van der Waals surface area contributed by atoms with Crippen molar-refractivity contribution >= 4 is 17.0 Å². The monoisotopic (exact) mass is 408 g/mol. The van der Waals surface area contributed by atoms with Crippen LogP contribution in [0.3, 0.4) is 0 Å². The van der Waals surface area contributed by atoms with Gasteiger partial charge in [0.25, 0.3) is 5.89 Å². The van der Waals surface area contributed by atoms with Gasteiger partial charge in [-0.3, -0.25) is 4.90 Å². The van der Waals surface area contributed by atoms with Crippen LogP contribution in [0.5, 0.6) is 0 Å². The van der Waals surface area contributed by atoms with E-state index in [1.807, 2.05) is 29.3 Å². The van der Waals surface area contributed by atoms with Crippen molar-refractivity contribution in [2.45, 2.75) is 19.1 Å². The Labute approximate surface area is 164 Å². The third kappa shape index (κ3) is 3.90. The van der Waals surface area contributed by atoms with E-state index in [1.54, 1.807) is 17.4 Å². The first kappa shape index (κ1) is 18.9. The maximum absolute atomic E-state index is 12.9. The van der Waals surface area contributed by atoms with Crippen molar-refractivity contribution in [1.82, 2.24) is 15.1 Å². The molecule has 3 aromatic rings. The summed E-state index contributed by atoms with van der Waals surface area (Å²) in [5.41, 5.74) is -0.0207. The van der Waals surface area contributed by atoms with E-state index < -0.39 is 11.7 Å². The van der Waals surface area contributed by atoms with Crippen molar-refractivity contribution in [3.8, 4) is 10.8 Å². The first-order valence-electron chi connectivity index (χ1n) is 8.95. The van der Waals surface area contributed by atoms with Crippen molar-refractivity contribution in [3.63, 3.8) is 0 Å². The normalized spacial score (nSPS) is 17.1. The van der Waals surface area contributed by atoms with Gasteiger partial charge in [0.1, 0.15) is 0 Å². The highest BCUT2D eigenvalue weighted by atomic mass is 32.1. The number of nitrogens with zero attached hydrogens (tertiary/aromatic N) is 4. The second kappa shape index (κ2) is 7.56. The van der Waals surface area contributed by atoms with E-state index in [-0.39, 0.29) is 6.04 Å². The zero-order valence-electron chi connectivity index (χ0n) is 15.2. The Morgan fingerprint density at radius 2 is 1.86 bits per heavy atom. The first-order valence-corrected chi connectivity index (χ1v) is 9.83. The van der Waals surface area contributed by atoms with Gasteiger partial charge in [-0.2, -0.15) is 13.2 Å². The van der Waals surface area contributed by atoms with Gasteiger partial charge in [-0.25, -0.2) is 0 Å². The molecular formula is C19H19F3N4OS. The predicted octanol–water partition coefficient (Wildman–Crippen LogP) is 4.70. The fraction of sp³-hybridized carbons (Fsp3) is 0.368. The lowest BCUT2D eigenvalue weighted by molar-refractivity contribution is -0.137. The molecule has 0 aliphatic carbocycles. The zero-order chi connectivity index (χ0) is 19.7. The van der Waals surface area contributed by atoms with Crippen LogP contribution in [0.15, 0.2) is 46.2 Å². The Kier molecular flexibility index (Phi) is 5.11. The van der Waals surface area contributed by atoms with Gasteiger partial charge in [-0.05, 0) is 36.6 Å². The van der Waals surface area contributed by atoms with Crippen LogP contribution in [-0.4, -0.2) is 41.3 Å². The minimum Gasteiger partial charge on any atom is -0.418 e. The predicted molar refractivity (Wildman–Crippen MR) is 101 cm³/mol. The number of piperazine rings is 1. The molecular weight excluding hydrogens is 389 g/mol. The molecule has 5 nitrogen and oxygen atoms in total. The number of anilines is 1. The number of thiophene rings is 1. The Hall–Kier alpha value is -2.39. The van der Waals surface area contributed by atoms with Crippen LogP contribution in [0.4, 0.5) is 18.9 Å². The lowest BCUT2D eigenvalue weighted by Crippen LogP contribution is -2.47. The molecule has 0 spiro atoms. The van der Waals surface area contributed by atoms with Gasteiger partial charge in [0.2, 0.25) is 5.89 Å². The molecule has 1 saturated heterocycles. The molecule has 1 aliphatic rings. The number of hydrogen-bond donors (Lipinski definition) is 0. The summed E-state index contributed by atoms with van der Waals surface area (Å²) < 4.78 is 44.7. The molecule has 0 amide bonds. The summed E-state index contributed by atoms with van der Waals surface area (Å²) in [5, 5.41) is 10.2. The molecule has 0 radical (unpaired) electrons. The quantitative estimate of drug-likeness (QED) is 0.626. The van der Waals surface area contributed by atoms with Crippen LogP contribution in [-0.2, 0) is 6.18 Å². The summed E-state index contributed by atoms with van der Waals surface area (Å²) in [5.74, 6) is 1.07. The average molecular weight is 408 g/mol. The van der Waals surface area contributed by atoms with Crippen LogP contribution >= 0.6 is 11.3 Å². The highest BCUT2D eigenvalue weighted by Crippen LogP contribution is 2.32. The number of rotatable bonds is 4. The standard InChI is InChI=1S/C19H19F3N4OS/c1-13(17-23-24-18(27-17)16-6-3-11-28-16)25-7-9-26(10-8-25)15-5-2-4-14(12-15)19(20,21)22/h2-6,11-13H,7-10H2,1H3/t13-/m1/s1. The molecule has 28 heavy (non-hydrogen) atoms. The number of hydrogen-bond acceptors (Lipinski definition) is 6. The number of aromatic nitrogens is 2. The second-order valence-electron chi connectivity index (χ2n) is 6.67. The van der Waals surface area contributed by atoms with Crippen molar-refractivity contribution < 1.29 is 17.6 Å². The molecule has 9 heteroatoms. The van der Waals surface area contributed by atoms with Gasteiger partial charge in [-0.15, -0.1) is 21.5 Å². The number of halogens is 3. The van der Waals surface area contributed by atoms with E-state index in [0.29, 0.717) is 43.6 Å². The lowest BCUT2D eigenvalue weighted by Gasteiger charge is -2.38. The van der Waals surface area contributed by atoms with Gasteiger partial charge in [0, 0.05) is 31.9 Å². The van der Waals surface area contributed by atoms with E-state index in [1.165, 1.54) is 12.1 Å². The maximum atomic E-state index is 12.9. The van der Waals surface area contributed by atoms with Gasteiger partial charge in [-0.1, -0.05) is 12.1 Å². The fourth-order valence-corrected chi connectivity index (χ4v) is 3.95. The molecule has 3 heterocycles. The van der Waals surface area contributed by atoms with Gasteiger partial charge in [0.05, 0.1) is 16.5 Å². The van der Waals surface area contributed by atoms with Gasteiger partial charge >= 0.3 is 6.18 Å². The molecule has 4 rings (SSSR count). The summed E-state index contributed by atoms with van der Waals surface area (Å²) in [7, 11) is 0. The summed E-state index contributed by atoms with van der Waals surface area (Å²) in [6.45, 7) is 4.68. The molecule has 1 fully saturated rings. The fourth-order valence-electron chi connectivity index (χ4n) is 3.31. The van der Waals surface area contributed by atoms with Crippen molar-refractivity contribution in [2.75, 3.05) is 31.1 Å². The van der Waals surface area contributed by atoms with E-state index in [2.05, 4.69) is 15.1 Å². The molecule has 0 N–H and O–H groups in total. The smallest absolute Gasteiger partial charge is 0.416 e. The number of alkyl halides is 3. The van der Waals surface area contributed by atoms with E-state index in [0.717, 1.165) is 10.9 Å². The second-order valence-corrected chi connectivity index (χ2v) is 7.62. The molecule has 1 aromatic carbocycles. The maximum Gasteiger partial charge on any atom is 0.416 e. The average Bonchev–Trinajstić information content (AvgIpc) is 3.39. The molecule has 1 aliphatic heterocycles. The van der Waals surface area contributed by atoms with E-state index in [4.69, 9.17) is 4.42 Å². The summed E-state index contributed by atoms with van der Waals surface area (Å²) in [6.07, 6.45) is -4.33. The van der Waals surface area contributed by atoms with Gasteiger partial charge in [0.15, 0.2) is 0 Å².